The molecule has 0 radical (unpaired) electrons. The maximum atomic E-state index is 12.5. The molecule has 0 unspecified atom stereocenters. The number of nitrogens with zero attached hydrogens (tertiary/aromatic N) is 1. The zero-order valence-corrected chi connectivity index (χ0v) is 15.7. The number of amides is 2. The van der Waals surface area contributed by atoms with Gasteiger partial charge in [0, 0.05) is 18.7 Å². The Morgan fingerprint density at radius 3 is 2.80 bits per heavy atom. The molecule has 0 bridgehead atoms. The summed E-state index contributed by atoms with van der Waals surface area (Å²) in [4.78, 5) is 37.8. The van der Waals surface area contributed by atoms with Crippen LogP contribution < -0.4 is 10.2 Å². The van der Waals surface area contributed by atoms with Crippen molar-refractivity contribution < 1.29 is 14.4 Å². The number of carbonyl (C=O) groups excluding carboxylic acids is 3. The van der Waals surface area contributed by atoms with E-state index in [1.807, 2.05) is 38.1 Å². The molecule has 0 saturated carbocycles. The second-order valence-corrected chi connectivity index (χ2v) is 7.47. The Bertz CT molecular complexity index is 633. The summed E-state index contributed by atoms with van der Waals surface area (Å²) in [5.41, 5.74) is 2.13. The molecule has 0 fully saturated rings. The quantitative estimate of drug-likeness (QED) is 0.810. The molecule has 25 heavy (non-hydrogen) atoms. The molecular weight excluding hydrogens is 336 g/mol. The van der Waals surface area contributed by atoms with Crippen molar-refractivity contribution in [3.63, 3.8) is 0 Å². The van der Waals surface area contributed by atoms with Gasteiger partial charge in [0.05, 0.1) is 12.3 Å². The Kier molecular flexibility index (Phi) is 7.50. The number of thioether (sulfide) groups is 1. The predicted molar refractivity (Wildman–Crippen MR) is 102 cm³/mol. The lowest BCUT2D eigenvalue weighted by Gasteiger charge is -2.29. The summed E-state index contributed by atoms with van der Waals surface area (Å²) >= 11 is 0.975. The average molecular weight is 362 g/mol. The molecule has 6 heteroatoms. The molecule has 1 aliphatic rings. The predicted octanol–water partition coefficient (Wildman–Crippen LogP) is 2.78. The standard InChI is InChI=1S/C19H26N2O3S/c1-3-14(2)11-17(22)20-12-19(24)25-13-18(23)21-10-6-8-15-7-4-5-9-16(15)21/h4-5,7,9,14H,3,6,8,10-13H2,1-2H3,(H,20,22)/t14-/m1/s1. The van der Waals surface area contributed by atoms with Crippen molar-refractivity contribution in [2.24, 2.45) is 5.92 Å². The van der Waals surface area contributed by atoms with Crippen molar-refractivity contribution in [1.82, 2.24) is 5.32 Å². The lowest BCUT2D eigenvalue weighted by atomic mass is 10.0. The highest BCUT2D eigenvalue weighted by Gasteiger charge is 2.22. The van der Waals surface area contributed by atoms with E-state index in [1.54, 1.807) is 4.90 Å². The minimum absolute atomic E-state index is 0.0240. The fourth-order valence-corrected chi connectivity index (χ4v) is 3.38. The number of anilines is 1. The van der Waals surface area contributed by atoms with Crippen LogP contribution in [0, 0.1) is 5.92 Å². The molecule has 5 nitrogen and oxygen atoms in total. The molecule has 1 aromatic rings. The number of para-hydroxylation sites is 1. The highest BCUT2D eigenvalue weighted by molar-refractivity contribution is 8.14. The summed E-state index contributed by atoms with van der Waals surface area (Å²) in [5.74, 6) is 0.244. The fraction of sp³-hybridized carbons (Fsp3) is 0.526. The first-order chi connectivity index (χ1) is 12.0. The molecule has 2 rings (SSSR count). The third-order valence-electron chi connectivity index (χ3n) is 4.43. The van der Waals surface area contributed by atoms with E-state index in [1.165, 1.54) is 5.56 Å². The Labute approximate surface area is 153 Å². The molecule has 1 aromatic carbocycles. The molecular formula is C19H26N2O3S. The molecule has 0 aliphatic carbocycles. The summed E-state index contributed by atoms with van der Waals surface area (Å²) < 4.78 is 0. The van der Waals surface area contributed by atoms with Crippen LogP contribution in [0.1, 0.15) is 38.7 Å². The molecule has 1 heterocycles. The van der Waals surface area contributed by atoms with Gasteiger partial charge in [0.2, 0.25) is 16.9 Å². The maximum Gasteiger partial charge on any atom is 0.237 e. The summed E-state index contributed by atoms with van der Waals surface area (Å²) in [7, 11) is 0. The Balaban J connectivity index is 1.77. The zero-order chi connectivity index (χ0) is 18.2. The molecule has 1 N–H and O–H groups in total. The van der Waals surface area contributed by atoms with Gasteiger partial charge in [-0.25, -0.2) is 0 Å². The van der Waals surface area contributed by atoms with Gasteiger partial charge in [-0.15, -0.1) is 0 Å². The highest BCUT2D eigenvalue weighted by atomic mass is 32.2. The Hall–Kier alpha value is -1.82. The molecule has 0 aromatic heterocycles. The van der Waals surface area contributed by atoms with E-state index in [-0.39, 0.29) is 29.2 Å². The van der Waals surface area contributed by atoms with E-state index >= 15 is 0 Å². The third kappa shape index (κ3) is 5.88. The molecule has 1 aliphatic heterocycles. The first kappa shape index (κ1) is 19.5. The smallest absolute Gasteiger partial charge is 0.237 e. The van der Waals surface area contributed by atoms with E-state index in [2.05, 4.69) is 5.32 Å². The van der Waals surface area contributed by atoms with Crippen LogP contribution in [0.4, 0.5) is 5.69 Å². The van der Waals surface area contributed by atoms with Crippen LogP contribution in [0.2, 0.25) is 0 Å². The monoisotopic (exact) mass is 362 g/mol. The van der Waals surface area contributed by atoms with E-state index in [9.17, 15) is 14.4 Å². The van der Waals surface area contributed by atoms with Gasteiger partial charge in [0.25, 0.3) is 0 Å². The average Bonchev–Trinajstić information content (AvgIpc) is 2.63. The van der Waals surface area contributed by atoms with Gasteiger partial charge in [-0.3, -0.25) is 14.4 Å². The fourth-order valence-electron chi connectivity index (χ4n) is 2.77. The number of aryl methyl sites for hydroxylation is 1. The summed E-state index contributed by atoms with van der Waals surface area (Å²) in [5, 5.41) is 2.45. The first-order valence-electron chi connectivity index (χ1n) is 8.81. The van der Waals surface area contributed by atoms with Gasteiger partial charge >= 0.3 is 0 Å². The van der Waals surface area contributed by atoms with Crippen LogP contribution in [0.5, 0.6) is 0 Å². The second kappa shape index (κ2) is 9.61. The number of carbonyl (C=O) groups is 3. The maximum absolute atomic E-state index is 12.5. The second-order valence-electron chi connectivity index (χ2n) is 6.43. The number of benzene rings is 1. The van der Waals surface area contributed by atoms with Gasteiger partial charge in [-0.1, -0.05) is 50.2 Å². The number of hydrogen-bond acceptors (Lipinski definition) is 4. The zero-order valence-electron chi connectivity index (χ0n) is 14.9. The summed E-state index contributed by atoms with van der Waals surface area (Å²) in [6.07, 6.45) is 3.28. The minimum atomic E-state index is -0.184. The first-order valence-corrected chi connectivity index (χ1v) is 9.80. The van der Waals surface area contributed by atoms with Crippen molar-refractivity contribution >= 4 is 34.4 Å². The van der Waals surface area contributed by atoms with Crippen LogP contribution >= 0.6 is 11.8 Å². The van der Waals surface area contributed by atoms with E-state index in [0.717, 1.165) is 36.7 Å². The topological polar surface area (TPSA) is 66.5 Å². The SMILES string of the molecule is CC[C@@H](C)CC(=O)NCC(=O)SCC(=O)N1CCCc2ccccc21. The van der Waals surface area contributed by atoms with Crippen molar-refractivity contribution in [2.45, 2.75) is 39.5 Å². The van der Waals surface area contributed by atoms with E-state index in [4.69, 9.17) is 0 Å². The van der Waals surface area contributed by atoms with Gasteiger partial charge < -0.3 is 10.2 Å². The molecule has 0 saturated heterocycles. The van der Waals surface area contributed by atoms with Gasteiger partial charge in [-0.05, 0) is 30.4 Å². The lowest BCUT2D eigenvalue weighted by molar-refractivity contribution is -0.123. The van der Waals surface area contributed by atoms with Crippen molar-refractivity contribution in [3.05, 3.63) is 29.8 Å². The number of rotatable bonds is 7. The molecule has 0 spiro atoms. The van der Waals surface area contributed by atoms with Crippen molar-refractivity contribution in [3.8, 4) is 0 Å². The Morgan fingerprint density at radius 1 is 1.28 bits per heavy atom. The van der Waals surface area contributed by atoms with E-state index in [0.29, 0.717) is 18.9 Å². The van der Waals surface area contributed by atoms with Gasteiger partial charge in [-0.2, -0.15) is 0 Å². The summed E-state index contributed by atoms with van der Waals surface area (Å²) in [6.45, 7) is 4.70. The molecule has 2 amide bonds. The highest BCUT2D eigenvalue weighted by Crippen LogP contribution is 2.27. The number of hydrogen-bond donors (Lipinski definition) is 1. The minimum Gasteiger partial charge on any atom is -0.348 e. The van der Waals surface area contributed by atoms with Crippen LogP contribution in [0.3, 0.4) is 0 Å². The van der Waals surface area contributed by atoms with Gasteiger partial charge in [0.15, 0.2) is 0 Å². The molecule has 1 atom stereocenters. The lowest BCUT2D eigenvalue weighted by Crippen LogP contribution is -2.37. The Morgan fingerprint density at radius 2 is 2.04 bits per heavy atom. The summed E-state index contributed by atoms with van der Waals surface area (Å²) in [6, 6.07) is 7.90. The number of nitrogens with one attached hydrogen (secondary N) is 1. The third-order valence-corrected chi connectivity index (χ3v) is 5.29. The van der Waals surface area contributed by atoms with E-state index < -0.39 is 0 Å². The van der Waals surface area contributed by atoms with Gasteiger partial charge in [0.1, 0.15) is 0 Å². The normalized spacial score (nSPS) is 14.6. The number of fused-ring (bicyclic) bond motifs is 1. The van der Waals surface area contributed by atoms with Crippen LogP contribution in [-0.2, 0) is 20.8 Å². The van der Waals surface area contributed by atoms with Crippen LogP contribution in [0.25, 0.3) is 0 Å². The van der Waals surface area contributed by atoms with Crippen LogP contribution in [0.15, 0.2) is 24.3 Å². The van der Waals surface area contributed by atoms with Crippen molar-refractivity contribution in [2.75, 3.05) is 23.7 Å². The van der Waals surface area contributed by atoms with Crippen LogP contribution in [-0.4, -0.2) is 35.8 Å². The van der Waals surface area contributed by atoms with Crippen molar-refractivity contribution in [1.29, 1.82) is 0 Å². The largest absolute Gasteiger partial charge is 0.348 e. The molecule has 136 valence electrons.